The number of rotatable bonds is 3. The standard InChI is InChI=1S/C14H18N2O2/c1-4-16-13(17)8-12(14(16)18)15-11-6-5-9(2)10(3)7-11/h5-7,12,15H,4,8H2,1-3H3/t12-/m1/s1. The third-order valence-corrected chi connectivity index (χ3v) is 3.41. The average molecular weight is 246 g/mol. The Bertz CT molecular complexity index is 497. The molecule has 1 fully saturated rings. The van der Waals surface area contributed by atoms with Gasteiger partial charge in [0, 0.05) is 12.2 Å². The van der Waals surface area contributed by atoms with Crippen LogP contribution in [0.15, 0.2) is 18.2 Å². The van der Waals surface area contributed by atoms with Gasteiger partial charge in [-0.3, -0.25) is 14.5 Å². The average Bonchev–Trinajstić information content (AvgIpc) is 2.59. The highest BCUT2D eigenvalue weighted by Crippen LogP contribution is 2.20. The number of hydrogen-bond donors (Lipinski definition) is 1. The van der Waals surface area contributed by atoms with E-state index in [1.165, 1.54) is 16.0 Å². The van der Waals surface area contributed by atoms with Crippen LogP contribution in [0.25, 0.3) is 0 Å². The number of carbonyl (C=O) groups excluding carboxylic acids is 2. The summed E-state index contributed by atoms with van der Waals surface area (Å²) in [4.78, 5) is 24.9. The monoisotopic (exact) mass is 246 g/mol. The van der Waals surface area contributed by atoms with Gasteiger partial charge in [0.15, 0.2) is 0 Å². The van der Waals surface area contributed by atoms with Crippen molar-refractivity contribution in [2.75, 3.05) is 11.9 Å². The Kier molecular flexibility index (Phi) is 3.36. The van der Waals surface area contributed by atoms with Gasteiger partial charge in [-0.2, -0.15) is 0 Å². The molecule has 2 amide bonds. The van der Waals surface area contributed by atoms with E-state index >= 15 is 0 Å². The van der Waals surface area contributed by atoms with Crippen molar-refractivity contribution in [1.29, 1.82) is 0 Å². The number of anilines is 1. The second-order valence-corrected chi connectivity index (χ2v) is 4.68. The molecule has 0 aromatic heterocycles. The van der Waals surface area contributed by atoms with Crippen molar-refractivity contribution in [3.63, 3.8) is 0 Å². The van der Waals surface area contributed by atoms with E-state index < -0.39 is 6.04 Å². The highest BCUT2D eigenvalue weighted by atomic mass is 16.2. The number of aryl methyl sites for hydroxylation is 2. The van der Waals surface area contributed by atoms with E-state index in [4.69, 9.17) is 0 Å². The van der Waals surface area contributed by atoms with Gasteiger partial charge in [0.25, 0.3) is 5.91 Å². The minimum Gasteiger partial charge on any atom is -0.373 e. The number of nitrogens with zero attached hydrogens (tertiary/aromatic N) is 1. The van der Waals surface area contributed by atoms with Gasteiger partial charge in [-0.15, -0.1) is 0 Å². The summed E-state index contributed by atoms with van der Waals surface area (Å²) in [5.74, 6) is -0.218. The number of benzene rings is 1. The van der Waals surface area contributed by atoms with E-state index in [9.17, 15) is 9.59 Å². The minimum absolute atomic E-state index is 0.0937. The second-order valence-electron chi connectivity index (χ2n) is 4.68. The Hall–Kier alpha value is -1.84. The number of amides is 2. The van der Waals surface area contributed by atoms with Crippen LogP contribution in [0.3, 0.4) is 0 Å². The van der Waals surface area contributed by atoms with Crippen LogP contribution in [0.2, 0.25) is 0 Å². The lowest BCUT2D eigenvalue weighted by Crippen LogP contribution is -2.34. The molecule has 1 atom stereocenters. The van der Waals surface area contributed by atoms with Gasteiger partial charge in [0.2, 0.25) is 5.91 Å². The van der Waals surface area contributed by atoms with Crippen molar-refractivity contribution >= 4 is 17.5 Å². The SMILES string of the molecule is CCN1C(=O)C[C@@H](Nc2ccc(C)c(C)c2)C1=O. The van der Waals surface area contributed by atoms with Gasteiger partial charge >= 0.3 is 0 Å². The fourth-order valence-electron chi connectivity index (χ4n) is 2.16. The first-order valence-corrected chi connectivity index (χ1v) is 6.21. The predicted molar refractivity (Wildman–Crippen MR) is 70.3 cm³/mol. The maximum atomic E-state index is 11.9. The normalized spacial score (nSPS) is 19.5. The molecule has 0 bridgehead atoms. The van der Waals surface area contributed by atoms with Crippen LogP contribution in [0.1, 0.15) is 24.5 Å². The molecule has 18 heavy (non-hydrogen) atoms. The summed E-state index contributed by atoms with van der Waals surface area (Å²) < 4.78 is 0. The summed E-state index contributed by atoms with van der Waals surface area (Å²) in [5.41, 5.74) is 3.27. The summed E-state index contributed by atoms with van der Waals surface area (Å²) in [6.45, 7) is 6.33. The molecular weight excluding hydrogens is 228 g/mol. The summed E-state index contributed by atoms with van der Waals surface area (Å²) in [6.07, 6.45) is 0.250. The Balaban J connectivity index is 2.13. The quantitative estimate of drug-likeness (QED) is 0.828. The van der Waals surface area contributed by atoms with Crippen LogP contribution in [0.5, 0.6) is 0 Å². The Labute approximate surface area is 107 Å². The molecule has 1 heterocycles. The molecule has 1 saturated heterocycles. The number of likely N-dealkylation sites (tertiary alicyclic amines) is 1. The van der Waals surface area contributed by atoms with Gasteiger partial charge < -0.3 is 5.32 Å². The van der Waals surface area contributed by atoms with Gasteiger partial charge in [-0.05, 0) is 44.0 Å². The van der Waals surface area contributed by atoms with Gasteiger partial charge in [0.05, 0.1) is 6.42 Å². The zero-order chi connectivity index (χ0) is 13.3. The van der Waals surface area contributed by atoms with E-state index in [-0.39, 0.29) is 18.2 Å². The van der Waals surface area contributed by atoms with Crippen molar-refractivity contribution in [3.8, 4) is 0 Å². The highest BCUT2D eigenvalue weighted by molar-refractivity contribution is 6.06. The zero-order valence-corrected chi connectivity index (χ0v) is 11.0. The van der Waals surface area contributed by atoms with Gasteiger partial charge in [-0.25, -0.2) is 0 Å². The first-order chi connectivity index (χ1) is 8.52. The van der Waals surface area contributed by atoms with E-state index in [0.717, 1.165) is 5.69 Å². The van der Waals surface area contributed by atoms with Crippen molar-refractivity contribution in [1.82, 2.24) is 4.90 Å². The summed E-state index contributed by atoms with van der Waals surface area (Å²) >= 11 is 0. The molecule has 2 rings (SSSR count). The van der Waals surface area contributed by atoms with Crippen molar-refractivity contribution in [2.24, 2.45) is 0 Å². The Morgan fingerprint density at radius 3 is 2.56 bits per heavy atom. The zero-order valence-electron chi connectivity index (χ0n) is 11.0. The van der Waals surface area contributed by atoms with E-state index in [2.05, 4.69) is 5.32 Å². The lowest BCUT2D eigenvalue weighted by molar-refractivity contribution is -0.138. The first kappa shape index (κ1) is 12.6. The molecule has 1 aromatic rings. The topological polar surface area (TPSA) is 49.4 Å². The molecule has 0 aliphatic carbocycles. The number of likely N-dealkylation sites (N-methyl/N-ethyl adjacent to an activating group) is 1. The second kappa shape index (κ2) is 4.80. The Morgan fingerprint density at radius 2 is 2.00 bits per heavy atom. The molecule has 96 valence electrons. The molecule has 4 heteroatoms. The number of imide groups is 1. The highest BCUT2D eigenvalue weighted by Gasteiger charge is 2.37. The number of carbonyl (C=O) groups is 2. The van der Waals surface area contributed by atoms with Crippen molar-refractivity contribution in [2.45, 2.75) is 33.2 Å². The lowest BCUT2D eigenvalue weighted by Gasteiger charge is -2.14. The van der Waals surface area contributed by atoms with Crippen LogP contribution < -0.4 is 5.32 Å². The summed E-state index contributed by atoms with van der Waals surface area (Å²) in [6, 6.07) is 5.53. The van der Waals surface area contributed by atoms with Crippen LogP contribution >= 0.6 is 0 Å². The predicted octanol–water partition coefficient (Wildman–Crippen LogP) is 1.86. The first-order valence-electron chi connectivity index (χ1n) is 6.21. The molecule has 1 aromatic carbocycles. The number of nitrogens with one attached hydrogen (secondary N) is 1. The molecule has 0 saturated carbocycles. The van der Waals surface area contributed by atoms with Crippen LogP contribution in [-0.4, -0.2) is 29.3 Å². The van der Waals surface area contributed by atoms with E-state index in [1.54, 1.807) is 0 Å². The smallest absolute Gasteiger partial charge is 0.252 e. The largest absolute Gasteiger partial charge is 0.373 e. The fourth-order valence-corrected chi connectivity index (χ4v) is 2.16. The molecule has 1 aliphatic heterocycles. The van der Waals surface area contributed by atoms with Crippen LogP contribution in [0.4, 0.5) is 5.69 Å². The minimum atomic E-state index is -0.417. The summed E-state index contributed by atoms with van der Waals surface area (Å²) in [7, 11) is 0. The molecule has 0 radical (unpaired) electrons. The van der Waals surface area contributed by atoms with Gasteiger partial charge in [0.1, 0.15) is 6.04 Å². The number of hydrogen-bond acceptors (Lipinski definition) is 3. The van der Waals surface area contributed by atoms with Crippen LogP contribution in [-0.2, 0) is 9.59 Å². The molecular formula is C14H18N2O2. The maximum absolute atomic E-state index is 11.9. The summed E-state index contributed by atoms with van der Waals surface area (Å²) in [5, 5.41) is 3.14. The maximum Gasteiger partial charge on any atom is 0.252 e. The van der Waals surface area contributed by atoms with E-state index in [0.29, 0.717) is 6.54 Å². The van der Waals surface area contributed by atoms with Gasteiger partial charge in [-0.1, -0.05) is 6.07 Å². The molecule has 0 spiro atoms. The van der Waals surface area contributed by atoms with Crippen molar-refractivity contribution < 1.29 is 9.59 Å². The molecule has 1 N–H and O–H groups in total. The van der Waals surface area contributed by atoms with Crippen LogP contribution in [0, 0.1) is 13.8 Å². The van der Waals surface area contributed by atoms with E-state index in [1.807, 2.05) is 39.0 Å². The lowest BCUT2D eigenvalue weighted by atomic mass is 10.1. The fraction of sp³-hybridized carbons (Fsp3) is 0.429. The third kappa shape index (κ3) is 2.23. The van der Waals surface area contributed by atoms with Crippen molar-refractivity contribution in [3.05, 3.63) is 29.3 Å². The molecule has 4 nitrogen and oxygen atoms in total. The molecule has 1 aliphatic rings. The Morgan fingerprint density at radius 1 is 1.28 bits per heavy atom. The molecule has 0 unspecified atom stereocenters. The third-order valence-electron chi connectivity index (χ3n) is 3.41.